The first-order chi connectivity index (χ1) is 8.25. The summed E-state index contributed by atoms with van der Waals surface area (Å²) in [6, 6.07) is 5.27. The predicted molar refractivity (Wildman–Crippen MR) is 65.7 cm³/mol. The highest BCUT2D eigenvalue weighted by Crippen LogP contribution is 2.25. The number of methoxy groups -OCH3 is 1. The van der Waals surface area contributed by atoms with E-state index >= 15 is 0 Å². The van der Waals surface area contributed by atoms with Gasteiger partial charge < -0.3 is 19.3 Å². The Morgan fingerprint density at radius 1 is 1.12 bits per heavy atom. The van der Waals surface area contributed by atoms with Gasteiger partial charge >= 0.3 is 0 Å². The van der Waals surface area contributed by atoms with Crippen LogP contribution in [-0.2, 0) is 9.47 Å². The van der Waals surface area contributed by atoms with Crippen molar-refractivity contribution >= 4 is 0 Å². The third kappa shape index (κ3) is 5.06. The number of aromatic hydroxyl groups is 1. The zero-order chi connectivity index (χ0) is 12.5. The minimum atomic E-state index is 0.263. The second-order valence-electron chi connectivity index (χ2n) is 3.71. The molecule has 1 rings (SSSR count). The predicted octanol–water partition coefficient (Wildman–Crippen LogP) is 2.13. The molecule has 0 aliphatic carbocycles. The lowest BCUT2D eigenvalue weighted by Gasteiger charge is -2.10. The number of hydrogen-bond donors (Lipinski definition) is 1. The van der Waals surface area contributed by atoms with Gasteiger partial charge in [0.05, 0.1) is 19.8 Å². The number of ether oxygens (including phenoxy) is 3. The molecule has 1 N–H and O–H groups in total. The van der Waals surface area contributed by atoms with E-state index < -0.39 is 0 Å². The standard InChI is InChI=1S/C13H20O4/c1-11-12(14)5-3-6-13(11)17-8-4-7-16-10-9-15-2/h3,5-6,14H,4,7-10H2,1-2H3. The molecule has 4 nitrogen and oxygen atoms in total. The fourth-order valence-corrected chi connectivity index (χ4v) is 1.35. The summed E-state index contributed by atoms with van der Waals surface area (Å²) in [5.41, 5.74) is 0.771. The lowest BCUT2D eigenvalue weighted by molar-refractivity contribution is 0.0644. The molecule has 0 unspecified atom stereocenters. The second-order valence-corrected chi connectivity index (χ2v) is 3.71. The van der Waals surface area contributed by atoms with Crippen molar-refractivity contribution in [2.45, 2.75) is 13.3 Å². The number of rotatable bonds is 8. The Hall–Kier alpha value is -1.26. The Bertz CT molecular complexity index is 325. The van der Waals surface area contributed by atoms with Gasteiger partial charge in [-0.15, -0.1) is 0 Å². The van der Waals surface area contributed by atoms with Gasteiger partial charge in [0, 0.05) is 25.7 Å². The molecule has 0 atom stereocenters. The summed E-state index contributed by atoms with van der Waals surface area (Å²) in [4.78, 5) is 0. The van der Waals surface area contributed by atoms with Crippen molar-refractivity contribution < 1.29 is 19.3 Å². The summed E-state index contributed by atoms with van der Waals surface area (Å²) in [6.07, 6.45) is 0.818. The first-order valence-electron chi connectivity index (χ1n) is 5.73. The lowest BCUT2D eigenvalue weighted by Crippen LogP contribution is -2.07. The molecular formula is C13H20O4. The number of hydrogen-bond acceptors (Lipinski definition) is 4. The summed E-state index contributed by atoms with van der Waals surface area (Å²) < 4.78 is 15.7. The van der Waals surface area contributed by atoms with E-state index in [2.05, 4.69) is 0 Å². The van der Waals surface area contributed by atoms with E-state index in [0.717, 1.165) is 17.7 Å². The van der Waals surface area contributed by atoms with E-state index in [1.54, 1.807) is 19.2 Å². The molecule has 4 heteroatoms. The maximum Gasteiger partial charge on any atom is 0.125 e. The fourth-order valence-electron chi connectivity index (χ4n) is 1.35. The minimum Gasteiger partial charge on any atom is -0.508 e. The zero-order valence-electron chi connectivity index (χ0n) is 10.4. The topological polar surface area (TPSA) is 47.9 Å². The van der Waals surface area contributed by atoms with Crippen LogP contribution in [0.15, 0.2) is 18.2 Å². The van der Waals surface area contributed by atoms with Gasteiger partial charge in [-0.25, -0.2) is 0 Å². The van der Waals surface area contributed by atoms with Crippen molar-refractivity contribution in [2.24, 2.45) is 0 Å². The van der Waals surface area contributed by atoms with Gasteiger partial charge in [-0.1, -0.05) is 6.07 Å². The zero-order valence-corrected chi connectivity index (χ0v) is 10.4. The molecule has 1 aromatic rings. The van der Waals surface area contributed by atoms with Crippen molar-refractivity contribution in [2.75, 3.05) is 33.5 Å². The average molecular weight is 240 g/mol. The number of phenols is 1. The minimum absolute atomic E-state index is 0.263. The summed E-state index contributed by atoms with van der Waals surface area (Å²) in [7, 11) is 1.65. The summed E-state index contributed by atoms with van der Waals surface area (Å²) in [5, 5.41) is 9.48. The molecule has 0 heterocycles. The van der Waals surface area contributed by atoms with E-state index in [1.807, 2.05) is 13.0 Å². The maximum atomic E-state index is 9.48. The molecule has 96 valence electrons. The van der Waals surface area contributed by atoms with Gasteiger partial charge in [0.15, 0.2) is 0 Å². The molecular weight excluding hydrogens is 220 g/mol. The monoisotopic (exact) mass is 240 g/mol. The Morgan fingerprint density at radius 2 is 1.94 bits per heavy atom. The highest BCUT2D eigenvalue weighted by Gasteiger charge is 2.02. The number of benzene rings is 1. The van der Waals surface area contributed by atoms with Gasteiger partial charge in [0.25, 0.3) is 0 Å². The first kappa shape index (κ1) is 13.8. The molecule has 0 bridgehead atoms. The maximum absolute atomic E-state index is 9.48. The molecule has 17 heavy (non-hydrogen) atoms. The lowest BCUT2D eigenvalue weighted by atomic mass is 10.2. The Balaban J connectivity index is 2.16. The van der Waals surface area contributed by atoms with Crippen LogP contribution in [0.3, 0.4) is 0 Å². The second kappa shape index (κ2) is 7.92. The van der Waals surface area contributed by atoms with Crippen LogP contribution in [-0.4, -0.2) is 38.6 Å². The third-order valence-corrected chi connectivity index (χ3v) is 2.38. The van der Waals surface area contributed by atoms with Crippen molar-refractivity contribution in [3.63, 3.8) is 0 Å². The Kier molecular flexibility index (Phi) is 6.43. The highest BCUT2D eigenvalue weighted by molar-refractivity contribution is 5.42. The molecule has 0 amide bonds. The van der Waals surface area contributed by atoms with Gasteiger partial charge in [-0.05, 0) is 19.1 Å². The average Bonchev–Trinajstić information content (AvgIpc) is 2.33. The molecule has 0 aliphatic rings. The third-order valence-electron chi connectivity index (χ3n) is 2.38. The quantitative estimate of drug-likeness (QED) is 0.707. The van der Waals surface area contributed by atoms with Crippen LogP contribution in [0.1, 0.15) is 12.0 Å². The first-order valence-corrected chi connectivity index (χ1v) is 5.73. The van der Waals surface area contributed by atoms with Crippen molar-refractivity contribution in [1.82, 2.24) is 0 Å². The Labute approximate surface area is 102 Å². The van der Waals surface area contributed by atoms with E-state index in [0.29, 0.717) is 26.4 Å². The van der Waals surface area contributed by atoms with Gasteiger partial charge in [-0.3, -0.25) is 0 Å². The van der Waals surface area contributed by atoms with Gasteiger partial charge in [0.1, 0.15) is 11.5 Å². The van der Waals surface area contributed by atoms with E-state index in [4.69, 9.17) is 14.2 Å². The molecule has 0 fully saturated rings. The van der Waals surface area contributed by atoms with E-state index in [9.17, 15) is 5.11 Å². The van der Waals surface area contributed by atoms with Crippen LogP contribution in [0.5, 0.6) is 11.5 Å². The van der Waals surface area contributed by atoms with Crippen molar-refractivity contribution in [3.8, 4) is 11.5 Å². The van der Waals surface area contributed by atoms with Crippen LogP contribution in [0.2, 0.25) is 0 Å². The van der Waals surface area contributed by atoms with Crippen LogP contribution in [0.4, 0.5) is 0 Å². The van der Waals surface area contributed by atoms with Gasteiger partial charge in [-0.2, -0.15) is 0 Å². The SMILES string of the molecule is COCCOCCCOc1cccc(O)c1C. The summed E-state index contributed by atoms with van der Waals surface area (Å²) >= 11 is 0. The van der Waals surface area contributed by atoms with Crippen molar-refractivity contribution in [3.05, 3.63) is 23.8 Å². The van der Waals surface area contributed by atoms with E-state index in [1.165, 1.54) is 0 Å². The molecule has 0 aliphatic heterocycles. The van der Waals surface area contributed by atoms with Crippen LogP contribution < -0.4 is 4.74 Å². The molecule has 0 saturated heterocycles. The molecule has 0 radical (unpaired) electrons. The smallest absolute Gasteiger partial charge is 0.125 e. The summed E-state index contributed by atoms with van der Waals surface area (Å²) in [6.45, 7) is 4.30. The highest BCUT2D eigenvalue weighted by atomic mass is 16.5. The summed E-state index contributed by atoms with van der Waals surface area (Å²) in [5.74, 6) is 0.987. The van der Waals surface area contributed by atoms with Gasteiger partial charge in [0.2, 0.25) is 0 Å². The van der Waals surface area contributed by atoms with Crippen LogP contribution >= 0.6 is 0 Å². The molecule has 0 aromatic heterocycles. The normalized spacial score (nSPS) is 10.5. The molecule has 0 spiro atoms. The Morgan fingerprint density at radius 3 is 2.71 bits per heavy atom. The molecule has 1 aromatic carbocycles. The van der Waals surface area contributed by atoms with E-state index in [-0.39, 0.29) is 5.75 Å². The largest absolute Gasteiger partial charge is 0.508 e. The van der Waals surface area contributed by atoms with Crippen LogP contribution in [0.25, 0.3) is 0 Å². The van der Waals surface area contributed by atoms with Crippen molar-refractivity contribution in [1.29, 1.82) is 0 Å². The fraction of sp³-hybridized carbons (Fsp3) is 0.538. The number of phenolic OH excluding ortho intramolecular Hbond substituents is 1. The van der Waals surface area contributed by atoms with Crippen LogP contribution in [0, 0.1) is 6.92 Å². The molecule has 0 saturated carbocycles.